The Bertz CT molecular complexity index is 632. The zero-order chi connectivity index (χ0) is 16.1. The summed E-state index contributed by atoms with van der Waals surface area (Å²) in [4.78, 5) is 14.4. The quantitative estimate of drug-likeness (QED) is 0.824. The van der Waals surface area contributed by atoms with Gasteiger partial charge in [-0.15, -0.1) is 0 Å². The highest BCUT2D eigenvalue weighted by Crippen LogP contribution is 2.21. The van der Waals surface area contributed by atoms with Crippen molar-refractivity contribution in [3.05, 3.63) is 58.1 Å². The lowest BCUT2D eigenvalue weighted by Gasteiger charge is -2.21. The molecule has 116 valence electrons. The third kappa shape index (κ3) is 4.15. The van der Waals surface area contributed by atoms with Crippen LogP contribution in [0.1, 0.15) is 24.2 Å². The number of rotatable bonds is 5. The summed E-state index contributed by atoms with van der Waals surface area (Å²) in [7, 11) is 0. The fourth-order valence-electron chi connectivity index (χ4n) is 2.23. The van der Waals surface area contributed by atoms with Crippen LogP contribution >= 0.6 is 23.2 Å². The monoisotopic (exact) mass is 336 g/mol. The van der Waals surface area contributed by atoms with Crippen molar-refractivity contribution in [2.75, 3.05) is 23.3 Å². The van der Waals surface area contributed by atoms with Crippen LogP contribution in [0.4, 0.5) is 11.4 Å². The van der Waals surface area contributed by atoms with Gasteiger partial charge in [0.15, 0.2) is 0 Å². The first kappa shape index (κ1) is 16.7. The maximum absolute atomic E-state index is 12.2. The summed E-state index contributed by atoms with van der Waals surface area (Å²) in [5.41, 5.74) is 2.30. The second-order valence-corrected chi connectivity index (χ2v) is 5.70. The lowest BCUT2D eigenvalue weighted by Crippen LogP contribution is -2.21. The number of nitrogens with one attached hydrogen (secondary N) is 1. The van der Waals surface area contributed by atoms with Gasteiger partial charge in [0.2, 0.25) is 0 Å². The lowest BCUT2D eigenvalue weighted by molar-refractivity contribution is 0.102. The minimum Gasteiger partial charge on any atom is -0.372 e. The normalized spacial score (nSPS) is 10.4. The van der Waals surface area contributed by atoms with Gasteiger partial charge in [0, 0.05) is 40.1 Å². The molecule has 2 rings (SSSR count). The summed E-state index contributed by atoms with van der Waals surface area (Å²) in [6.07, 6.45) is 0. The number of halogens is 2. The Hall–Kier alpha value is -1.71. The molecule has 3 nitrogen and oxygen atoms in total. The Morgan fingerprint density at radius 1 is 1.00 bits per heavy atom. The van der Waals surface area contributed by atoms with E-state index in [0.29, 0.717) is 15.6 Å². The van der Waals surface area contributed by atoms with Gasteiger partial charge in [0.25, 0.3) is 5.91 Å². The number of anilines is 2. The van der Waals surface area contributed by atoms with E-state index in [1.807, 2.05) is 24.3 Å². The smallest absolute Gasteiger partial charge is 0.255 e. The number of benzene rings is 2. The van der Waals surface area contributed by atoms with Crippen LogP contribution in [-0.4, -0.2) is 19.0 Å². The van der Waals surface area contributed by atoms with Gasteiger partial charge in [-0.2, -0.15) is 0 Å². The van der Waals surface area contributed by atoms with E-state index >= 15 is 0 Å². The van der Waals surface area contributed by atoms with Gasteiger partial charge in [-0.3, -0.25) is 4.79 Å². The van der Waals surface area contributed by atoms with E-state index in [2.05, 4.69) is 24.1 Å². The van der Waals surface area contributed by atoms with Gasteiger partial charge in [0.1, 0.15) is 0 Å². The molecule has 22 heavy (non-hydrogen) atoms. The van der Waals surface area contributed by atoms with E-state index in [-0.39, 0.29) is 5.91 Å². The SMILES string of the molecule is CCN(CC)c1ccc(NC(=O)c2cc(Cl)cc(Cl)c2)cc1. The second kappa shape index (κ2) is 7.52. The third-order valence-corrected chi connectivity index (χ3v) is 3.81. The summed E-state index contributed by atoms with van der Waals surface area (Å²) in [5, 5.41) is 3.72. The fourth-order valence-corrected chi connectivity index (χ4v) is 2.76. The number of carbonyl (C=O) groups is 1. The molecule has 0 bridgehead atoms. The molecule has 0 atom stereocenters. The standard InChI is InChI=1S/C17H18Cl2N2O/c1-3-21(4-2)16-7-5-15(6-8-16)20-17(22)12-9-13(18)11-14(19)10-12/h5-11H,3-4H2,1-2H3,(H,20,22). The highest BCUT2D eigenvalue weighted by Gasteiger charge is 2.09. The molecule has 1 amide bonds. The molecular weight excluding hydrogens is 319 g/mol. The molecule has 2 aromatic rings. The molecule has 0 aliphatic heterocycles. The molecule has 0 unspecified atom stereocenters. The van der Waals surface area contributed by atoms with Crippen LogP contribution in [0.2, 0.25) is 10.0 Å². The summed E-state index contributed by atoms with van der Waals surface area (Å²) in [6.45, 7) is 6.12. The molecular formula is C17H18Cl2N2O. The van der Waals surface area contributed by atoms with Crippen molar-refractivity contribution in [1.82, 2.24) is 0 Å². The highest BCUT2D eigenvalue weighted by atomic mass is 35.5. The van der Waals surface area contributed by atoms with Gasteiger partial charge in [-0.1, -0.05) is 23.2 Å². The number of hydrogen-bond donors (Lipinski definition) is 1. The topological polar surface area (TPSA) is 32.3 Å². The Morgan fingerprint density at radius 3 is 2.05 bits per heavy atom. The molecule has 0 aromatic heterocycles. The van der Waals surface area contributed by atoms with Crippen LogP contribution in [-0.2, 0) is 0 Å². The number of hydrogen-bond acceptors (Lipinski definition) is 2. The zero-order valence-electron chi connectivity index (χ0n) is 12.6. The molecule has 0 aliphatic rings. The molecule has 0 aliphatic carbocycles. The largest absolute Gasteiger partial charge is 0.372 e. The van der Waals surface area contributed by atoms with Crippen LogP contribution in [0.15, 0.2) is 42.5 Å². The van der Waals surface area contributed by atoms with Crippen LogP contribution in [0.5, 0.6) is 0 Å². The third-order valence-electron chi connectivity index (χ3n) is 3.38. The van der Waals surface area contributed by atoms with E-state index in [0.717, 1.165) is 24.5 Å². The first-order valence-electron chi connectivity index (χ1n) is 7.16. The molecule has 2 aromatic carbocycles. The van der Waals surface area contributed by atoms with Crippen molar-refractivity contribution in [3.63, 3.8) is 0 Å². The van der Waals surface area contributed by atoms with Crippen molar-refractivity contribution >= 4 is 40.5 Å². The van der Waals surface area contributed by atoms with Crippen LogP contribution in [0.3, 0.4) is 0 Å². The fraction of sp³-hybridized carbons (Fsp3) is 0.235. The summed E-state index contributed by atoms with van der Waals surface area (Å²) in [5.74, 6) is -0.236. The van der Waals surface area contributed by atoms with Crippen molar-refractivity contribution in [3.8, 4) is 0 Å². The zero-order valence-corrected chi connectivity index (χ0v) is 14.1. The molecule has 0 spiro atoms. The maximum atomic E-state index is 12.2. The van der Waals surface area contributed by atoms with Crippen molar-refractivity contribution in [2.24, 2.45) is 0 Å². The maximum Gasteiger partial charge on any atom is 0.255 e. The highest BCUT2D eigenvalue weighted by molar-refractivity contribution is 6.35. The van der Waals surface area contributed by atoms with E-state index in [1.54, 1.807) is 18.2 Å². The van der Waals surface area contributed by atoms with Crippen molar-refractivity contribution in [1.29, 1.82) is 0 Å². The number of amides is 1. The van der Waals surface area contributed by atoms with Crippen LogP contribution < -0.4 is 10.2 Å². The van der Waals surface area contributed by atoms with Crippen molar-refractivity contribution in [2.45, 2.75) is 13.8 Å². The van der Waals surface area contributed by atoms with E-state index in [9.17, 15) is 4.79 Å². The average Bonchev–Trinajstić information content (AvgIpc) is 2.49. The molecule has 0 heterocycles. The molecule has 1 N–H and O–H groups in total. The molecule has 0 radical (unpaired) electrons. The van der Waals surface area contributed by atoms with Gasteiger partial charge < -0.3 is 10.2 Å². The average molecular weight is 337 g/mol. The predicted octanol–water partition coefficient (Wildman–Crippen LogP) is 5.09. The van der Waals surface area contributed by atoms with Crippen LogP contribution in [0.25, 0.3) is 0 Å². The van der Waals surface area contributed by atoms with E-state index in [1.165, 1.54) is 0 Å². The molecule has 5 heteroatoms. The Labute approximate surface area is 140 Å². The van der Waals surface area contributed by atoms with Gasteiger partial charge >= 0.3 is 0 Å². The first-order valence-corrected chi connectivity index (χ1v) is 7.91. The molecule has 0 saturated heterocycles. The first-order chi connectivity index (χ1) is 10.5. The van der Waals surface area contributed by atoms with Crippen LogP contribution in [0, 0.1) is 0 Å². The Morgan fingerprint density at radius 2 is 1.55 bits per heavy atom. The Kier molecular flexibility index (Phi) is 5.69. The van der Waals surface area contributed by atoms with E-state index in [4.69, 9.17) is 23.2 Å². The lowest BCUT2D eigenvalue weighted by atomic mass is 10.2. The minimum absolute atomic E-state index is 0.236. The van der Waals surface area contributed by atoms with E-state index < -0.39 is 0 Å². The molecule has 0 saturated carbocycles. The minimum atomic E-state index is -0.236. The molecule has 0 fully saturated rings. The summed E-state index contributed by atoms with van der Waals surface area (Å²) < 4.78 is 0. The summed E-state index contributed by atoms with van der Waals surface area (Å²) >= 11 is 11.8. The number of nitrogens with zero attached hydrogens (tertiary/aromatic N) is 1. The van der Waals surface area contributed by atoms with Gasteiger partial charge in [-0.25, -0.2) is 0 Å². The number of carbonyl (C=O) groups excluding carboxylic acids is 1. The second-order valence-electron chi connectivity index (χ2n) is 4.83. The Balaban J connectivity index is 2.11. The van der Waals surface area contributed by atoms with Gasteiger partial charge in [-0.05, 0) is 56.3 Å². The van der Waals surface area contributed by atoms with Crippen molar-refractivity contribution < 1.29 is 4.79 Å². The predicted molar refractivity (Wildman–Crippen MR) is 94.4 cm³/mol. The van der Waals surface area contributed by atoms with Gasteiger partial charge in [0.05, 0.1) is 0 Å². The summed E-state index contributed by atoms with van der Waals surface area (Å²) in [6, 6.07) is 12.5.